The Labute approximate surface area is 159 Å². The largest absolute Gasteiger partial charge is 0.376 e. The van der Waals surface area contributed by atoms with Gasteiger partial charge in [-0.05, 0) is 43.9 Å². The van der Waals surface area contributed by atoms with Crippen LogP contribution in [0.25, 0.3) is 0 Å². The van der Waals surface area contributed by atoms with Crippen LogP contribution in [-0.2, 0) is 4.74 Å². The van der Waals surface area contributed by atoms with Crippen LogP contribution in [0.15, 0.2) is 23.2 Å². The summed E-state index contributed by atoms with van der Waals surface area (Å²) in [4.78, 5) is 4.72. The highest BCUT2D eigenvalue weighted by atomic mass is 35.5. The van der Waals surface area contributed by atoms with Crippen LogP contribution in [0.5, 0.6) is 0 Å². The summed E-state index contributed by atoms with van der Waals surface area (Å²) in [5, 5.41) is 7.96. The number of hydrogen-bond acceptors (Lipinski definition) is 3. The van der Waals surface area contributed by atoms with E-state index in [4.69, 9.17) is 38.7 Å². The number of ether oxygens (including phenoxy) is 1. The van der Waals surface area contributed by atoms with E-state index in [0.717, 1.165) is 38.0 Å². The predicted molar refractivity (Wildman–Crippen MR) is 105 cm³/mol. The van der Waals surface area contributed by atoms with E-state index in [-0.39, 0.29) is 18.2 Å². The van der Waals surface area contributed by atoms with Gasteiger partial charge in [0, 0.05) is 23.7 Å². The zero-order valence-electron chi connectivity index (χ0n) is 14.3. The maximum atomic E-state index is 6.29. The number of guanidine groups is 1. The first-order valence-corrected chi connectivity index (χ1v) is 9.77. The van der Waals surface area contributed by atoms with Crippen LogP contribution in [0, 0.1) is 0 Å². The van der Waals surface area contributed by atoms with Gasteiger partial charge in [0.2, 0.25) is 0 Å². The van der Waals surface area contributed by atoms with Gasteiger partial charge in [-0.1, -0.05) is 36.0 Å². The van der Waals surface area contributed by atoms with Gasteiger partial charge in [-0.2, -0.15) is 0 Å². The molecule has 4 N–H and O–H groups in total. The zero-order chi connectivity index (χ0) is 17.6. The number of benzene rings is 1. The molecule has 1 heterocycles. The lowest BCUT2D eigenvalue weighted by Gasteiger charge is -2.31. The van der Waals surface area contributed by atoms with Crippen molar-refractivity contribution >= 4 is 34.8 Å². The molecule has 1 aliphatic heterocycles. The standard InChI is InChI=1S/C18H26Cl2N4O/c19-12-7-8-16(14(20)10-12)23-18(22-11-13-4-3-9-25-13)24-17-6-2-1-5-15(17)21/h7-8,10,13,15,17H,1-6,9,11,21H2,(H2,22,23,24)/t13?,15-,17-/m0/s1. The van der Waals surface area contributed by atoms with E-state index in [1.54, 1.807) is 12.1 Å². The predicted octanol–water partition coefficient (Wildman–Crippen LogP) is 3.80. The molecule has 1 saturated heterocycles. The number of nitrogens with two attached hydrogens (primary N) is 1. The molecule has 0 amide bonds. The number of nitrogens with zero attached hydrogens (tertiary/aromatic N) is 1. The van der Waals surface area contributed by atoms with Crippen molar-refractivity contribution in [2.45, 2.75) is 56.7 Å². The summed E-state index contributed by atoms with van der Waals surface area (Å²) in [6.07, 6.45) is 6.83. The molecule has 2 fully saturated rings. The van der Waals surface area contributed by atoms with Gasteiger partial charge in [0.25, 0.3) is 0 Å². The fourth-order valence-corrected chi connectivity index (χ4v) is 3.79. The number of rotatable bonds is 4. The van der Waals surface area contributed by atoms with Crippen molar-refractivity contribution in [3.05, 3.63) is 28.2 Å². The summed E-state index contributed by atoms with van der Waals surface area (Å²) in [6, 6.07) is 5.74. The minimum Gasteiger partial charge on any atom is -0.376 e. The summed E-state index contributed by atoms with van der Waals surface area (Å²) >= 11 is 12.3. The van der Waals surface area contributed by atoms with Crippen molar-refractivity contribution in [2.24, 2.45) is 10.7 Å². The second kappa shape index (κ2) is 9.08. The van der Waals surface area contributed by atoms with Gasteiger partial charge in [0.1, 0.15) is 0 Å². The Morgan fingerprint density at radius 1 is 1.20 bits per heavy atom. The smallest absolute Gasteiger partial charge is 0.196 e. The van der Waals surface area contributed by atoms with E-state index in [9.17, 15) is 0 Å². The molecule has 5 nitrogen and oxygen atoms in total. The molecule has 0 bridgehead atoms. The Morgan fingerprint density at radius 3 is 2.76 bits per heavy atom. The Bertz CT molecular complexity index is 605. The zero-order valence-corrected chi connectivity index (χ0v) is 15.8. The fraction of sp³-hybridized carbons (Fsp3) is 0.611. The molecule has 2 aliphatic rings. The van der Waals surface area contributed by atoms with Gasteiger partial charge in [-0.15, -0.1) is 0 Å². The highest BCUT2D eigenvalue weighted by Crippen LogP contribution is 2.25. The Balaban J connectivity index is 1.71. The second-order valence-corrected chi connectivity index (χ2v) is 7.62. The Hall–Kier alpha value is -1.01. The summed E-state index contributed by atoms with van der Waals surface area (Å²) in [5.41, 5.74) is 7.05. The highest BCUT2D eigenvalue weighted by molar-refractivity contribution is 6.36. The Kier molecular flexibility index (Phi) is 6.82. The minimum absolute atomic E-state index is 0.143. The SMILES string of the molecule is N[C@H]1CCCC[C@@H]1NC(=NCC1CCCO1)Nc1ccc(Cl)cc1Cl. The summed E-state index contributed by atoms with van der Waals surface area (Å²) < 4.78 is 5.67. The second-order valence-electron chi connectivity index (χ2n) is 6.77. The third-order valence-electron chi connectivity index (χ3n) is 4.80. The van der Waals surface area contributed by atoms with Gasteiger partial charge >= 0.3 is 0 Å². The third-order valence-corrected chi connectivity index (χ3v) is 5.35. The van der Waals surface area contributed by atoms with Crippen LogP contribution in [0.1, 0.15) is 38.5 Å². The number of aliphatic imine (C=N–C) groups is 1. The molecular weight excluding hydrogens is 359 g/mol. The normalized spacial score (nSPS) is 27.3. The topological polar surface area (TPSA) is 71.7 Å². The number of halogens is 2. The van der Waals surface area contributed by atoms with Crippen molar-refractivity contribution in [2.75, 3.05) is 18.5 Å². The molecule has 1 saturated carbocycles. The molecule has 3 atom stereocenters. The monoisotopic (exact) mass is 384 g/mol. The molecule has 1 aliphatic carbocycles. The fourth-order valence-electron chi connectivity index (χ4n) is 3.34. The molecule has 7 heteroatoms. The molecule has 0 radical (unpaired) electrons. The van der Waals surface area contributed by atoms with Crippen LogP contribution in [0.2, 0.25) is 10.0 Å². The maximum absolute atomic E-state index is 6.29. The molecule has 3 rings (SSSR count). The van der Waals surface area contributed by atoms with Gasteiger partial charge in [-0.3, -0.25) is 4.99 Å². The lowest BCUT2D eigenvalue weighted by atomic mass is 9.91. The minimum atomic E-state index is 0.143. The van der Waals surface area contributed by atoms with Crippen molar-refractivity contribution in [3.8, 4) is 0 Å². The van der Waals surface area contributed by atoms with E-state index in [0.29, 0.717) is 22.5 Å². The molecule has 1 unspecified atom stereocenters. The lowest BCUT2D eigenvalue weighted by Crippen LogP contribution is -2.51. The highest BCUT2D eigenvalue weighted by Gasteiger charge is 2.23. The van der Waals surface area contributed by atoms with Gasteiger partial charge in [-0.25, -0.2) is 0 Å². The number of nitrogens with one attached hydrogen (secondary N) is 2. The lowest BCUT2D eigenvalue weighted by molar-refractivity contribution is 0.117. The maximum Gasteiger partial charge on any atom is 0.196 e. The third kappa shape index (κ3) is 5.48. The Morgan fingerprint density at radius 2 is 2.04 bits per heavy atom. The molecule has 0 spiro atoms. The first-order valence-electron chi connectivity index (χ1n) is 9.02. The van der Waals surface area contributed by atoms with Gasteiger partial charge in [0.05, 0.1) is 23.4 Å². The van der Waals surface area contributed by atoms with Crippen molar-refractivity contribution in [3.63, 3.8) is 0 Å². The average molecular weight is 385 g/mol. The molecule has 0 aromatic heterocycles. The van der Waals surface area contributed by atoms with E-state index < -0.39 is 0 Å². The average Bonchev–Trinajstić information content (AvgIpc) is 3.10. The van der Waals surface area contributed by atoms with Crippen molar-refractivity contribution in [1.29, 1.82) is 0 Å². The number of hydrogen-bond donors (Lipinski definition) is 3. The van der Waals surface area contributed by atoms with Gasteiger partial charge < -0.3 is 21.1 Å². The molecule has 1 aromatic rings. The van der Waals surface area contributed by atoms with E-state index in [1.807, 2.05) is 6.07 Å². The van der Waals surface area contributed by atoms with Crippen LogP contribution in [0.3, 0.4) is 0 Å². The van der Waals surface area contributed by atoms with Crippen LogP contribution in [-0.4, -0.2) is 37.3 Å². The van der Waals surface area contributed by atoms with E-state index in [1.165, 1.54) is 12.8 Å². The van der Waals surface area contributed by atoms with E-state index >= 15 is 0 Å². The van der Waals surface area contributed by atoms with Crippen LogP contribution >= 0.6 is 23.2 Å². The molecular formula is C18H26Cl2N4O. The first-order chi connectivity index (χ1) is 12.1. The quantitative estimate of drug-likeness (QED) is 0.545. The summed E-state index contributed by atoms with van der Waals surface area (Å²) in [5.74, 6) is 0.696. The van der Waals surface area contributed by atoms with Crippen molar-refractivity contribution in [1.82, 2.24) is 5.32 Å². The number of anilines is 1. The van der Waals surface area contributed by atoms with Crippen molar-refractivity contribution < 1.29 is 4.74 Å². The molecule has 1 aromatic carbocycles. The summed E-state index contributed by atoms with van der Waals surface area (Å²) in [7, 11) is 0. The molecule has 138 valence electrons. The first kappa shape index (κ1) is 18.8. The van der Waals surface area contributed by atoms with E-state index in [2.05, 4.69) is 10.6 Å². The van der Waals surface area contributed by atoms with Gasteiger partial charge in [0.15, 0.2) is 5.96 Å². The molecule has 25 heavy (non-hydrogen) atoms. The van der Waals surface area contributed by atoms with Crippen LogP contribution < -0.4 is 16.4 Å². The van der Waals surface area contributed by atoms with Crippen LogP contribution in [0.4, 0.5) is 5.69 Å². The summed E-state index contributed by atoms with van der Waals surface area (Å²) in [6.45, 7) is 1.45.